The molecule has 0 aliphatic rings. The number of unbranched alkanes of at least 4 members (excludes halogenated alkanes) is 8. The fourth-order valence-corrected chi connectivity index (χ4v) is 2.83. The highest BCUT2D eigenvalue weighted by molar-refractivity contribution is 5.90. The Kier molecular flexibility index (Phi) is 15.7. The van der Waals surface area contributed by atoms with E-state index in [2.05, 4.69) is 22.0 Å². The second-order valence-electron chi connectivity index (χ2n) is 7.06. The number of hydrogen-bond donors (Lipinski definition) is 3. The number of guanidine groups is 1. The van der Waals surface area contributed by atoms with E-state index in [4.69, 9.17) is 11.5 Å². The maximum Gasteiger partial charge on any atom is 0.336 e. The zero-order valence-electron chi connectivity index (χ0n) is 17.5. The third-order valence-electron chi connectivity index (χ3n) is 4.32. The van der Waals surface area contributed by atoms with Crippen LogP contribution in [0.1, 0.15) is 90.9 Å². The third kappa shape index (κ3) is 16.1. The summed E-state index contributed by atoms with van der Waals surface area (Å²) in [4.78, 5) is 39.0. The average molecular weight is 399 g/mol. The summed E-state index contributed by atoms with van der Waals surface area (Å²) in [6.45, 7) is 3.69. The van der Waals surface area contributed by atoms with Crippen LogP contribution >= 0.6 is 0 Å². The molecule has 0 aromatic rings. The summed E-state index contributed by atoms with van der Waals surface area (Å²) in [6.07, 6.45) is 11.6. The number of rotatable bonds is 16. The normalized spacial score (nSPS) is 11.5. The van der Waals surface area contributed by atoms with Crippen LogP contribution in [0, 0.1) is 0 Å². The van der Waals surface area contributed by atoms with Crippen LogP contribution in [-0.2, 0) is 19.1 Å². The zero-order valence-corrected chi connectivity index (χ0v) is 17.5. The van der Waals surface area contributed by atoms with E-state index in [0.717, 1.165) is 26.2 Å². The largest absolute Gasteiger partial charge is 0.392 e. The molecule has 0 heterocycles. The SMILES string of the molecule is CCCCCCCCCCCC(=O)N[C@@H](CCCN=C(N)N)C(=O)OC(C)=O. The van der Waals surface area contributed by atoms with E-state index in [-0.39, 0.29) is 11.9 Å². The molecular weight excluding hydrogens is 360 g/mol. The minimum atomic E-state index is -0.871. The Bertz CT molecular complexity index is 491. The predicted octanol–water partition coefficient (Wildman–Crippen LogP) is 2.54. The molecule has 1 amide bonds. The molecule has 5 N–H and O–H groups in total. The molecule has 8 nitrogen and oxygen atoms in total. The summed E-state index contributed by atoms with van der Waals surface area (Å²) < 4.78 is 4.61. The van der Waals surface area contributed by atoms with Crippen molar-refractivity contribution >= 4 is 23.8 Å². The molecule has 0 saturated carbocycles. The molecule has 0 aromatic carbocycles. The molecule has 0 rings (SSSR count). The maximum atomic E-state index is 12.1. The van der Waals surface area contributed by atoms with Gasteiger partial charge in [0, 0.05) is 19.9 Å². The molecule has 0 spiro atoms. The van der Waals surface area contributed by atoms with Crippen molar-refractivity contribution in [2.24, 2.45) is 16.5 Å². The topological polar surface area (TPSA) is 137 Å². The quantitative estimate of drug-likeness (QED) is 0.120. The van der Waals surface area contributed by atoms with Gasteiger partial charge in [0.25, 0.3) is 0 Å². The van der Waals surface area contributed by atoms with E-state index in [1.165, 1.54) is 38.5 Å². The number of amides is 1. The molecule has 0 aliphatic carbocycles. The first-order chi connectivity index (χ1) is 13.4. The Hall–Kier alpha value is -2.12. The smallest absolute Gasteiger partial charge is 0.336 e. The molecule has 0 aliphatic heterocycles. The fraction of sp³-hybridized carbons (Fsp3) is 0.800. The van der Waals surface area contributed by atoms with E-state index in [1.54, 1.807) is 0 Å². The van der Waals surface area contributed by atoms with Gasteiger partial charge < -0.3 is 21.5 Å². The first kappa shape index (κ1) is 25.9. The van der Waals surface area contributed by atoms with Gasteiger partial charge in [0.1, 0.15) is 6.04 Å². The van der Waals surface area contributed by atoms with E-state index in [9.17, 15) is 14.4 Å². The first-order valence-electron chi connectivity index (χ1n) is 10.4. The minimum absolute atomic E-state index is 0.0303. The summed E-state index contributed by atoms with van der Waals surface area (Å²) in [5.74, 6) is -1.70. The first-order valence-corrected chi connectivity index (χ1v) is 10.4. The van der Waals surface area contributed by atoms with Crippen LogP contribution in [-0.4, -0.2) is 36.4 Å². The molecule has 0 saturated heterocycles. The zero-order chi connectivity index (χ0) is 21.2. The molecular formula is C20H38N4O4. The lowest BCUT2D eigenvalue weighted by molar-refractivity contribution is -0.160. The van der Waals surface area contributed by atoms with Crippen molar-refractivity contribution in [2.45, 2.75) is 96.9 Å². The Balaban J connectivity index is 4.12. The van der Waals surface area contributed by atoms with Crippen LogP contribution in [0.15, 0.2) is 4.99 Å². The molecule has 162 valence electrons. The van der Waals surface area contributed by atoms with Crippen LogP contribution in [0.3, 0.4) is 0 Å². The molecule has 0 radical (unpaired) electrons. The Morgan fingerprint density at radius 2 is 1.50 bits per heavy atom. The molecule has 0 fully saturated rings. The minimum Gasteiger partial charge on any atom is -0.392 e. The lowest BCUT2D eigenvalue weighted by Gasteiger charge is -2.16. The molecule has 8 heteroatoms. The van der Waals surface area contributed by atoms with Crippen LogP contribution in [0.2, 0.25) is 0 Å². The standard InChI is InChI=1S/C20H38N4O4/c1-3-4-5-6-7-8-9-10-11-14-18(26)24-17(19(27)28-16(2)25)13-12-15-23-20(21)22/h17H,3-15H2,1-2H3,(H,24,26)(H4,21,22,23)/t17-/m0/s1. The van der Waals surface area contributed by atoms with Gasteiger partial charge in [-0.25, -0.2) is 4.79 Å². The van der Waals surface area contributed by atoms with Gasteiger partial charge >= 0.3 is 11.9 Å². The summed E-state index contributed by atoms with van der Waals surface area (Å²) in [7, 11) is 0. The van der Waals surface area contributed by atoms with Gasteiger partial charge in [0.05, 0.1) is 0 Å². The monoisotopic (exact) mass is 398 g/mol. The van der Waals surface area contributed by atoms with Gasteiger partial charge in [-0.1, -0.05) is 58.3 Å². The van der Waals surface area contributed by atoms with Gasteiger partial charge in [-0.2, -0.15) is 0 Å². The second-order valence-corrected chi connectivity index (χ2v) is 7.06. The molecule has 0 unspecified atom stereocenters. The van der Waals surface area contributed by atoms with Crippen molar-refractivity contribution in [3.63, 3.8) is 0 Å². The average Bonchev–Trinajstić information content (AvgIpc) is 2.62. The number of hydrogen-bond acceptors (Lipinski definition) is 5. The van der Waals surface area contributed by atoms with Crippen molar-refractivity contribution in [2.75, 3.05) is 6.54 Å². The predicted molar refractivity (Wildman–Crippen MR) is 110 cm³/mol. The van der Waals surface area contributed by atoms with Gasteiger partial charge in [-0.15, -0.1) is 0 Å². The number of carbonyl (C=O) groups is 3. The van der Waals surface area contributed by atoms with Crippen molar-refractivity contribution in [3.8, 4) is 0 Å². The van der Waals surface area contributed by atoms with Crippen LogP contribution in [0.5, 0.6) is 0 Å². The van der Waals surface area contributed by atoms with E-state index >= 15 is 0 Å². The van der Waals surface area contributed by atoms with Crippen molar-refractivity contribution in [1.82, 2.24) is 5.32 Å². The highest BCUT2D eigenvalue weighted by atomic mass is 16.6. The Morgan fingerprint density at radius 3 is 2.04 bits per heavy atom. The van der Waals surface area contributed by atoms with Crippen LogP contribution < -0.4 is 16.8 Å². The summed E-state index contributed by atoms with van der Waals surface area (Å²) in [5.41, 5.74) is 10.5. The van der Waals surface area contributed by atoms with Gasteiger partial charge in [-0.05, 0) is 19.3 Å². The number of esters is 2. The lowest BCUT2D eigenvalue weighted by Crippen LogP contribution is -2.42. The van der Waals surface area contributed by atoms with Gasteiger partial charge in [0.2, 0.25) is 5.91 Å². The summed E-state index contributed by atoms with van der Waals surface area (Å²) >= 11 is 0. The molecule has 0 bridgehead atoms. The van der Waals surface area contributed by atoms with Crippen molar-refractivity contribution < 1.29 is 19.1 Å². The number of aliphatic imine (C=N–C) groups is 1. The number of nitrogens with one attached hydrogen (secondary N) is 1. The lowest BCUT2D eigenvalue weighted by atomic mass is 10.1. The number of nitrogens with two attached hydrogens (primary N) is 2. The van der Waals surface area contributed by atoms with Crippen molar-refractivity contribution in [3.05, 3.63) is 0 Å². The van der Waals surface area contributed by atoms with E-state index in [0.29, 0.717) is 25.8 Å². The van der Waals surface area contributed by atoms with Gasteiger partial charge in [-0.3, -0.25) is 14.6 Å². The van der Waals surface area contributed by atoms with Gasteiger partial charge in [0.15, 0.2) is 5.96 Å². The third-order valence-corrected chi connectivity index (χ3v) is 4.32. The van der Waals surface area contributed by atoms with E-state index in [1.807, 2.05) is 0 Å². The Morgan fingerprint density at radius 1 is 0.929 bits per heavy atom. The van der Waals surface area contributed by atoms with Crippen molar-refractivity contribution in [1.29, 1.82) is 0 Å². The van der Waals surface area contributed by atoms with Crippen LogP contribution in [0.25, 0.3) is 0 Å². The second kappa shape index (κ2) is 17.0. The number of nitrogens with zero attached hydrogens (tertiary/aromatic N) is 1. The maximum absolute atomic E-state index is 12.1. The molecule has 1 atom stereocenters. The number of carbonyl (C=O) groups excluding carboxylic acids is 3. The van der Waals surface area contributed by atoms with E-state index < -0.39 is 18.0 Å². The Labute approximate surface area is 168 Å². The fourth-order valence-electron chi connectivity index (χ4n) is 2.83. The van der Waals surface area contributed by atoms with Crippen LogP contribution in [0.4, 0.5) is 0 Å². The summed E-state index contributed by atoms with van der Waals surface area (Å²) in [6, 6.07) is -0.871. The summed E-state index contributed by atoms with van der Waals surface area (Å²) in [5, 5.41) is 2.66. The molecule has 0 aromatic heterocycles. The highest BCUT2D eigenvalue weighted by Gasteiger charge is 2.23. The highest BCUT2D eigenvalue weighted by Crippen LogP contribution is 2.11. The molecule has 28 heavy (non-hydrogen) atoms. The number of ether oxygens (including phenoxy) is 1.